The summed E-state index contributed by atoms with van der Waals surface area (Å²) < 4.78 is 5.45. The van der Waals surface area contributed by atoms with Crippen molar-refractivity contribution in [2.75, 3.05) is 7.11 Å². The van der Waals surface area contributed by atoms with Crippen LogP contribution in [0, 0.1) is 19.8 Å². The van der Waals surface area contributed by atoms with E-state index in [4.69, 9.17) is 4.74 Å². The number of aromatic nitrogens is 1. The lowest BCUT2D eigenvalue weighted by Gasteiger charge is -2.30. The first-order chi connectivity index (χ1) is 9.01. The van der Waals surface area contributed by atoms with Gasteiger partial charge in [-0.15, -0.1) is 0 Å². The zero-order valence-electron chi connectivity index (χ0n) is 12.5. The lowest BCUT2D eigenvalue weighted by Crippen LogP contribution is -2.36. The number of methoxy groups -OCH3 is 1. The maximum Gasteiger partial charge on any atom is 0.128 e. The third-order valence-electron chi connectivity index (χ3n) is 4.64. The van der Waals surface area contributed by atoms with Crippen LogP contribution in [0.3, 0.4) is 0 Å². The van der Waals surface area contributed by atoms with Gasteiger partial charge in [0.05, 0.1) is 12.7 Å². The van der Waals surface area contributed by atoms with Gasteiger partial charge in [0.25, 0.3) is 0 Å². The molecule has 2 unspecified atom stereocenters. The number of hydrogen-bond acceptors (Lipinski definition) is 3. The van der Waals surface area contributed by atoms with Gasteiger partial charge in [-0.2, -0.15) is 0 Å². The topological polar surface area (TPSA) is 42.4 Å². The van der Waals surface area contributed by atoms with E-state index < -0.39 is 5.60 Å². The molecule has 0 spiro atoms. The van der Waals surface area contributed by atoms with E-state index in [1.165, 1.54) is 0 Å². The average molecular weight is 263 g/mol. The van der Waals surface area contributed by atoms with E-state index in [2.05, 4.69) is 11.9 Å². The lowest BCUT2D eigenvalue weighted by molar-refractivity contribution is 0.000450. The Hall–Kier alpha value is -1.09. The molecule has 0 amide bonds. The third kappa shape index (κ3) is 2.62. The van der Waals surface area contributed by atoms with Crippen molar-refractivity contribution in [3.05, 3.63) is 23.0 Å². The number of rotatable bonds is 4. The summed E-state index contributed by atoms with van der Waals surface area (Å²) in [5, 5.41) is 10.9. The van der Waals surface area contributed by atoms with Gasteiger partial charge in [-0.05, 0) is 32.6 Å². The molecule has 2 atom stereocenters. The molecule has 1 aromatic heterocycles. The molecule has 0 aromatic carbocycles. The van der Waals surface area contributed by atoms with Crippen molar-refractivity contribution in [1.29, 1.82) is 0 Å². The largest absolute Gasteiger partial charge is 0.496 e. The SMILES string of the molecule is CCC1CCCC1(O)Cc1ncc(C)c(OC)c1C. The summed E-state index contributed by atoms with van der Waals surface area (Å²) >= 11 is 0. The predicted octanol–water partition coefficient (Wildman–Crippen LogP) is 3.19. The molecular formula is C16H25NO2. The molecule has 1 saturated carbocycles. The summed E-state index contributed by atoms with van der Waals surface area (Å²) in [5.74, 6) is 1.31. The summed E-state index contributed by atoms with van der Waals surface area (Å²) in [6.45, 7) is 6.20. The molecule has 1 aliphatic carbocycles. The highest BCUT2D eigenvalue weighted by Crippen LogP contribution is 2.40. The minimum absolute atomic E-state index is 0.404. The summed E-state index contributed by atoms with van der Waals surface area (Å²) in [5.41, 5.74) is 2.52. The maximum atomic E-state index is 10.9. The van der Waals surface area contributed by atoms with E-state index in [-0.39, 0.29) is 0 Å². The van der Waals surface area contributed by atoms with Crippen molar-refractivity contribution in [3.8, 4) is 5.75 Å². The Labute approximate surface area is 116 Å². The standard InChI is InChI=1S/C16H25NO2/c1-5-13-7-6-8-16(13,18)9-14-12(3)15(19-4)11(2)10-17-14/h10,13,18H,5-9H2,1-4H3. The third-order valence-corrected chi connectivity index (χ3v) is 4.64. The summed E-state index contributed by atoms with van der Waals surface area (Å²) in [6, 6.07) is 0. The van der Waals surface area contributed by atoms with Crippen LogP contribution in [0.1, 0.15) is 49.4 Å². The van der Waals surface area contributed by atoms with Gasteiger partial charge in [0.2, 0.25) is 0 Å². The Morgan fingerprint density at radius 1 is 1.47 bits per heavy atom. The van der Waals surface area contributed by atoms with E-state index >= 15 is 0 Å². The van der Waals surface area contributed by atoms with Crippen molar-refractivity contribution in [2.45, 2.75) is 58.5 Å². The van der Waals surface area contributed by atoms with Gasteiger partial charge >= 0.3 is 0 Å². The van der Waals surface area contributed by atoms with E-state index in [0.29, 0.717) is 12.3 Å². The first-order valence-electron chi connectivity index (χ1n) is 7.23. The fraction of sp³-hybridized carbons (Fsp3) is 0.688. The van der Waals surface area contributed by atoms with E-state index in [0.717, 1.165) is 48.3 Å². The number of ether oxygens (including phenoxy) is 1. The molecule has 1 aromatic rings. The van der Waals surface area contributed by atoms with Gasteiger partial charge in [-0.25, -0.2) is 0 Å². The van der Waals surface area contributed by atoms with Crippen LogP contribution in [0.15, 0.2) is 6.20 Å². The average Bonchev–Trinajstić information content (AvgIpc) is 2.75. The van der Waals surface area contributed by atoms with Gasteiger partial charge in [-0.3, -0.25) is 4.98 Å². The maximum absolute atomic E-state index is 10.9. The molecule has 2 rings (SSSR count). The Balaban J connectivity index is 2.29. The zero-order valence-corrected chi connectivity index (χ0v) is 12.5. The molecule has 1 fully saturated rings. The lowest BCUT2D eigenvalue weighted by atomic mass is 9.84. The number of hydrogen-bond donors (Lipinski definition) is 1. The second-order valence-electron chi connectivity index (χ2n) is 5.82. The highest BCUT2D eigenvalue weighted by atomic mass is 16.5. The molecule has 1 aliphatic rings. The van der Waals surface area contributed by atoms with Gasteiger partial charge in [-0.1, -0.05) is 19.8 Å². The molecule has 1 heterocycles. The number of aliphatic hydroxyl groups is 1. The quantitative estimate of drug-likeness (QED) is 0.907. The van der Waals surface area contributed by atoms with Crippen LogP contribution in [-0.2, 0) is 6.42 Å². The summed E-state index contributed by atoms with van der Waals surface area (Å²) in [4.78, 5) is 4.52. The molecule has 0 radical (unpaired) electrons. The van der Waals surface area contributed by atoms with Gasteiger partial charge in [0.1, 0.15) is 5.75 Å². The van der Waals surface area contributed by atoms with Gasteiger partial charge < -0.3 is 9.84 Å². The number of aryl methyl sites for hydroxylation is 1. The smallest absolute Gasteiger partial charge is 0.128 e. The first-order valence-corrected chi connectivity index (χ1v) is 7.23. The molecule has 3 nitrogen and oxygen atoms in total. The van der Waals surface area contributed by atoms with Crippen LogP contribution in [0.25, 0.3) is 0 Å². The van der Waals surface area contributed by atoms with Crippen molar-refractivity contribution in [1.82, 2.24) is 4.98 Å². The molecule has 0 saturated heterocycles. The van der Waals surface area contributed by atoms with Crippen molar-refractivity contribution in [2.24, 2.45) is 5.92 Å². The molecule has 1 N–H and O–H groups in total. The van der Waals surface area contributed by atoms with Crippen molar-refractivity contribution < 1.29 is 9.84 Å². The molecule has 106 valence electrons. The second kappa shape index (κ2) is 5.49. The molecule has 3 heteroatoms. The van der Waals surface area contributed by atoms with Crippen LogP contribution < -0.4 is 4.74 Å². The van der Waals surface area contributed by atoms with E-state index in [1.807, 2.05) is 20.0 Å². The van der Waals surface area contributed by atoms with Crippen LogP contribution in [0.2, 0.25) is 0 Å². The second-order valence-corrected chi connectivity index (χ2v) is 5.82. The van der Waals surface area contributed by atoms with Gasteiger partial charge in [0, 0.05) is 29.4 Å². The van der Waals surface area contributed by atoms with Crippen molar-refractivity contribution >= 4 is 0 Å². The van der Waals surface area contributed by atoms with E-state index in [1.54, 1.807) is 7.11 Å². The van der Waals surface area contributed by atoms with Crippen LogP contribution in [0.5, 0.6) is 5.75 Å². The highest BCUT2D eigenvalue weighted by molar-refractivity contribution is 5.41. The molecule has 0 aliphatic heterocycles. The Bertz CT molecular complexity index is 458. The fourth-order valence-electron chi connectivity index (χ4n) is 3.48. The minimum atomic E-state index is -0.577. The fourth-order valence-corrected chi connectivity index (χ4v) is 3.48. The molecule has 19 heavy (non-hydrogen) atoms. The predicted molar refractivity (Wildman–Crippen MR) is 76.5 cm³/mol. The normalized spacial score (nSPS) is 26.7. The Morgan fingerprint density at radius 2 is 2.21 bits per heavy atom. The molecule has 0 bridgehead atoms. The van der Waals surface area contributed by atoms with E-state index in [9.17, 15) is 5.11 Å². The molecular weight excluding hydrogens is 238 g/mol. The van der Waals surface area contributed by atoms with Gasteiger partial charge in [0.15, 0.2) is 0 Å². The van der Waals surface area contributed by atoms with Crippen LogP contribution >= 0.6 is 0 Å². The summed E-state index contributed by atoms with van der Waals surface area (Å²) in [7, 11) is 1.69. The number of nitrogens with zero attached hydrogens (tertiary/aromatic N) is 1. The highest BCUT2D eigenvalue weighted by Gasteiger charge is 2.40. The zero-order chi connectivity index (χ0) is 14.0. The van der Waals surface area contributed by atoms with Crippen molar-refractivity contribution in [3.63, 3.8) is 0 Å². The Morgan fingerprint density at radius 3 is 2.84 bits per heavy atom. The minimum Gasteiger partial charge on any atom is -0.496 e. The monoisotopic (exact) mass is 263 g/mol. The van der Waals surface area contributed by atoms with Crippen LogP contribution in [0.4, 0.5) is 0 Å². The summed E-state index contributed by atoms with van der Waals surface area (Å²) in [6.07, 6.45) is 6.68. The van der Waals surface area contributed by atoms with Crippen LogP contribution in [-0.4, -0.2) is 22.8 Å². The Kier molecular flexibility index (Phi) is 4.14. The number of pyridine rings is 1. The first kappa shape index (κ1) is 14.3.